The third kappa shape index (κ3) is 11.0. The van der Waals surface area contributed by atoms with Gasteiger partial charge in [0.05, 0.1) is 12.1 Å². The number of benzene rings is 1. The van der Waals surface area contributed by atoms with Crippen LogP contribution in [0, 0.1) is 17.3 Å². The number of aromatic nitrogens is 2. The second kappa shape index (κ2) is 17.1. The van der Waals surface area contributed by atoms with Crippen LogP contribution in [-0.4, -0.2) is 106 Å². The number of hydrogen-bond acceptors (Lipinski definition) is 9. The molecule has 0 radical (unpaired) electrons. The monoisotopic (exact) mass is 774 g/mol. The minimum absolute atomic E-state index is 0.106. The quantitative estimate of drug-likeness (QED) is 0.205. The molecular weight excluding hydrogens is 726 g/mol. The van der Waals surface area contributed by atoms with E-state index < -0.39 is 18.1 Å². The van der Waals surface area contributed by atoms with Crippen LogP contribution in [0.15, 0.2) is 30.3 Å². The molecule has 2 fully saturated rings. The Morgan fingerprint density at radius 2 is 1.69 bits per heavy atom. The first-order valence-electron chi connectivity index (χ1n) is 18.3. The molecule has 3 aliphatic rings. The SMILES string of the molecule is CN1CC(NC(=O)c2cccc([C@@H](CCN3CCC(CC(=O)O)CC3)NC(=O)c3nc4cc5c(nc4s3)CC[C@H](C(C)(C)C)C5)c2)C1.O=C(O)C(F)(F)F. The second-order valence-corrected chi connectivity index (χ2v) is 16.7. The molecular formula is C38H49F3N6O6S. The first kappa shape index (κ1) is 41.0. The lowest BCUT2D eigenvalue weighted by Crippen LogP contribution is -2.57. The molecule has 1 aliphatic carbocycles. The molecule has 0 saturated carbocycles. The molecule has 4 heterocycles. The largest absolute Gasteiger partial charge is 0.490 e. The number of piperidine rings is 1. The van der Waals surface area contributed by atoms with Crippen molar-refractivity contribution in [1.82, 2.24) is 30.4 Å². The number of hydrogen-bond donors (Lipinski definition) is 4. The van der Waals surface area contributed by atoms with E-state index in [1.54, 1.807) is 0 Å². The molecule has 12 nitrogen and oxygen atoms in total. The van der Waals surface area contributed by atoms with Crippen molar-refractivity contribution in [3.8, 4) is 0 Å². The summed E-state index contributed by atoms with van der Waals surface area (Å²) in [7, 11) is 2.03. The predicted molar refractivity (Wildman–Crippen MR) is 198 cm³/mol. The van der Waals surface area contributed by atoms with E-state index in [1.165, 1.54) is 16.9 Å². The Labute approximate surface area is 316 Å². The van der Waals surface area contributed by atoms with Gasteiger partial charge in [-0.3, -0.25) is 14.4 Å². The molecule has 0 spiro atoms. The van der Waals surface area contributed by atoms with E-state index in [4.69, 9.17) is 19.9 Å². The van der Waals surface area contributed by atoms with Gasteiger partial charge in [0, 0.05) is 37.3 Å². The fourth-order valence-corrected chi connectivity index (χ4v) is 8.16. The number of likely N-dealkylation sites (tertiary alicyclic amines) is 2. The lowest BCUT2D eigenvalue weighted by atomic mass is 9.71. The number of rotatable bonds is 10. The molecule has 3 aromatic rings. The summed E-state index contributed by atoms with van der Waals surface area (Å²) >= 11 is 1.34. The molecule has 4 N–H and O–H groups in total. The van der Waals surface area contributed by atoms with Crippen molar-refractivity contribution in [1.29, 1.82) is 0 Å². The summed E-state index contributed by atoms with van der Waals surface area (Å²) in [6.45, 7) is 11.0. The van der Waals surface area contributed by atoms with Crippen LogP contribution < -0.4 is 10.6 Å². The van der Waals surface area contributed by atoms with Crippen molar-refractivity contribution < 1.29 is 42.6 Å². The standard InChI is InChI=1S/C36H48N6O4S.C2HF3O2/c1-36(2,3)26-8-9-28-25(18-26)19-30-34(39-28)47-35(40-30)33(46)38-29(12-15-42-13-10-22(11-14-42)16-31(43)44)23-6-5-7-24(17-23)32(45)37-27-20-41(4)21-27;3-2(4,5)1(6)7/h5-7,17,19,22,26-27,29H,8-16,18,20-21H2,1-4H3,(H,37,45)(H,38,46)(H,43,44);(H,6,7)/t26-,29+;/m0./s1. The topological polar surface area (TPSA) is 165 Å². The zero-order chi connectivity index (χ0) is 39.4. The lowest BCUT2D eigenvalue weighted by Gasteiger charge is -2.36. The van der Waals surface area contributed by atoms with Gasteiger partial charge in [-0.25, -0.2) is 14.8 Å². The zero-order valence-corrected chi connectivity index (χ0v) is 31.9. The number of carboxylic acids is 2. The van der Waals surface area contributed by atoms with E-state index >= 15 is 0 Å². The van der Waals surface area contributed by atoms with Crippen molar-refractivity contribution in [2.45, 2.75) is 84.0 Å². The molecule has 16 heteroatoms. The van der Waals surface area contributed by atoms with Crippen LogP contribution in [0.3, 0.4) is 0 Å². The Balaban J connectivity index is 0.000000730. The third-order valence-corrected chi connectivity index (χ3v) is 11.5. The van der Waals surface area contributed by atoms with Gasteiger partial charge in [-0.15, -0.1) is 0 Å². The molecule has 2 amide bonds. The molecule has 2 aromatic heterocycles. The van der Waals surface area contributed by atoms with Crippen LogP contribution in [0.5, 0.6) is 0 Å². The van der Waals surface area contributed by atoms with E-state index in [-0.39, 0.29) is 41.7 Å². The Hall–Kier alpha value is -4.15. The van der Waals surface area contributed by atoms with Crippen molar-refractivity contribution in [3.63, 3.8) is 0 Å². The highest BCUT2D eigenvalue weighted by Crippen LogP contribution is 2.38. The van der Waals surface area contributed by atoms with Crippen LogP contribution in [-0.2, 0) is 22.4 Å². The number of alkyl halides is 3. The first-order chi connectivity index (χ1) is 25.3. The van der Waals surface area contributed by atoms with Gasteiger partial charge in [-0.05, 0) is 105 Å². The van der Waals surface area contributed by atoms with Gasteiger partial charge in [-0.2, -0.15) is 13.2 Å². The van der Waals surface area contributed by atoms with Crippen molar-refractivity contribution in [3.05, 3.63) is 57.7 Å². The van der Waals surface area contributed by atoms with E-state index in [0.29, 0.717) is 22.9 Å². The zero-order valence-electron chi connectivity index (χ0n) is 31.0. The minimum Gasteiger partial charge on any atom is -0.481 e. The number of carbonyl (C=O) groups excluding carboxylic acids is 2. The summed E-state index contributed by atoms with van der Waals surface area (Å²) in [4.78, 5) is 62.0. The van der Waals surface area contributed by atoms with Gasteiger partial charge in [0.25, 0.3) is 11.8 Å². The number of aliphatic carboxylic acids is 2. The number of halogens is 3. The summed E-state index contributed by atoms with van der Waals surface area (Å²) in [5, 5.41) is 23.1. The fourth-order valence-electron chi connectivity index (χ4n) is 7.32. The summed E-state index contributed by atoms with van der Waals surface area (Å²) in [6, 6.07) is 9.51. The summed E-state index contributed by atoms with van der Waals surface area (Å²) in [5.74, 6) is -3.04. The third-order valence-electron chi connectivity index (χ3n) is 10.6. The Morgan fingerprint density at radius 1 is 1.00 bits per heavy atom. The number of thiazole rings is 1. The first-order valence-corrected chi connectivity index (χ1v) is 19.1. The van der Waals surface area contributed by atoms with E-state index in [0.717, 1.165) is 86.4 Å². The average Bonchev–Trinajstić information content (AvgIpc) is 3.51. The number of fused-ring (bicyclic) bond motifs is 2. The van der Waals surface area contributed by atoms with Gasteiger partial charge in [0.15, 0.2) is 5.01 Å². The number of likely N-dealkylation sites (N-methyl/N-ethyl adjacent to an activating group) is 1. The Kier molecular flexibility index (Phi) is 13.0. The van der Waals surface area contributed by atoms with Crippen LogP contribution >= 0.6 is 11.3 Å². The van der Waals surface area contributed by atoms with E-state index in [1.807, 2.05) is 31.3 Å². The Morgan fingerprint density at radius 3 is 2.30 bits per heavy atom. The average molecular weight is 775 g/mol. The molecule has 6 rings (SSSR count). The highest BCUT2D eigenvalue weighted by molar-refractivity contribution is 7.19. The van der Waals surface area contributed by atoms with Crippen LogP contribution in [0.2, 0.25) is 0 Å². The number of carbonyl (C=O) groups is 4. The van der Waals surface area contributed by atoms with E-state index in [9.17, 15) is 32.7 Å². The van der Waals surface area contributed by atoms with Crippen LogP contribution in [0.1, 0.15) is 95.9 Å². The van der Waals surface area contributed by atoms with Gasteiger partial charge in [0.1, 0.15) is 10.3 Å². The maximum absolute atomic E-state index is 13.8. The Bertz CT molecular complexity index is 1830. The van der Waals surface area contributed by atoms with Crippen LogP contribution in [0.25, 0.3) is 10.3 Å². The molecule has 0 bridgehead atoms. The summed E-state index contributed by atoms with van der Waals surface area (Å²) < 4.78 is 31.7. The highest BCUT2D eigenvalue weighted by atomic mass is 32.1. The maximum Gasteiger partial charge on any atom is 0.490 e. The highest BCUT2D eigenvalue weighted by Gasteiger charge is 2.38. The molecule has 1 aromatic carbocycles. The van der Waals surface area contributed by atoms with Gasteiger partial charge in [0.2, 0.25) is 0 Å². The normalized spacial score (nSPS) is 19.2. The fraction of sp³-hybridized carbons (Fsp3) is 0.579. The number of aryl methyl sites for hydroxylation is 1. The number of nitrogens with one attached hydrogen (secondary N) is 2. The molecule has 54 heavy (non-hydrogen) atoms. The van der Waals surface area contributed by atoms with Crippen molar-refractivity contribution >= 4 is 45.4 Å². The summed E-state index contributed by atoms with van der Waals surface area (Å²) in [6.07, 6.45) is 0.550. The van der Waals surface area contributed by atoms with E-state index in [2.05, 4.69) is 47.3 Å². The molecule has 294 valence electrons. The van der Waals surface area contributed by atoms with Crippen molar-refractivity contribution in [2.75, 3.05) is 39.8 Å². The van der Waals surface area contributed by atoms with Gasteiger partial charge >= 0.3 is 18.1 Å². The minimum atomic E-state index is -5.08. The second-order valence-electron chi connectivity index (χ2n) is 15.8. The molecule has 2 atom stereocenters. The smallest absolute Gasteiger partial charge is 0.481 e. The van der Waals surface area contributed by atoms with Gasteiger partial charge in [-0.1, -0.05) is 44.2 Å². The predicted octanol–water partition coefficient (Wildman–Crippen LogP) is 5.57. The maximum atomic E-state index is 13.8. The van der Waals surface area contributed by atoms with Gasteiger partial charge < -0.3 is 30.6 Å². The number of pyridine rings is 1. The number of nitrogens with zero attached hydrogens (tertiary/aromatic N) is 4. The molecule has 0 unspecified atom stereocenters. The number of amides is 2. The molecule has 2 aliphatic heterocycles. The molecule has 2 saturated heterocycles. The number of carboxylic acid groups (broad SMARTS) is 2. The lowest BCUT2D eigenvalue weighted by molar-refractivity contribution is -0.192. The van der Waals surface area contributed by atoms with Crippen molar-refractivity contribution in [2.24, 2.45) is 17.3 Å². The summed E-state index contributed by atoms with van der Waals surface area (Å²) in [5.41, 5.74) is 4.83. The van der Waals surface area contributed by atoms with Crippen LogP contribution in [0.4, 0.5) is 13.2 Å².